The van der Waals surface area contributed by atoms with Gasteiger partial charge >= 0.3 is 11.8 Å². The molecule has 0 spiro atoms. The highest BCUT2D eigenvalue weighted by Crippen LogP contribution is 2.25. The summed E-state index contributed by atoms with van der Waals surface area (Å²) in [4.78, 5) is 51.0. The lowest BCUT2D eigenvalue weighted by molar-refractivity contribution is -0.135. The number of nitrogens with zero attached hydrogens (tertiary/aromatic N) is 3. The Morgan fingerprint density at radius 3 is 2.72 bits per heavy atom. The molecule has 2 aliphatic heterocycles. The maximum atomic E-state index is 13.0. The highest BCUT2D eigenvalue weighted by atomic mass is 16.6. The van der Waals surface area contributed by atoms with E-state index >= 15 is 0 Å². The van der Waals surface area contributed by atoms with Gasteiger partial charge in [-0.15, -0.1) is 0 Å². The molecule has 196 valence electrons. The third-order valence-corrected chi connectivity index (χ3v) is 6.32. The number of morpholine rings is 1. The van der Waals surface area contributed by atoms with Gasteiger partial charge in [-0.05, 0) is 45.2 Å². The van der Waals surface area contributed by atoms with Crippen LogP contribution in [0.4, 0.5) is 4.79 Å². The number of carbonyl (C=O) groups excluding carboxylic acids is 3. The molecule has 36 heavy (non-hydrogen) atoms. The van der Waals surface area contributed by atoms with Crippen LogP contribution in [-0.2, 0) is 37.3 Å². The van der Waals surface area contributed by atoms with Crippen LogP contribution in [0.25, 0.3) is 11.0 Å². The van der Waals surface area contributed by atoms with Crippen LogP contribution in [0.1, 0.15) is 45.2 Å². The van der Waals surface area contributed by atoms with E-state index in [0.717, 1.165) is 11.1 Å². The number of amides is 3. The molecule has 2 aromatic rings. The summed E-state index contributed by atoms with van der Waals surface area (Å²) in [5.74, 6) is -0.777. The first-order chi connectivity index (χ1) is 17.0. The van der Waals surface area contributed by atoms with E-state index in [0.29, 0.717) is 51.3 Å². The van der Waals surface area contributed by atoms with Gasteiger partial charge in [-0.2, -0.15) is 0 Å². The lowest BCUT2D eigenvalue weighted by Crippen LogP contribution is -2.48. The number of aromatic nitrogens is 2. The average molecular weight is 503 g/mol. The van der Waals surface area contributed by atoms with Crippen molar-refractivity contribution < 1.29 is 28.6 Å². The molecule has 1 aromatic carbocycles. The van der Waals surface area contributed by atoms with Crippen molar-refractivity contribution >= 4 is 28.9 Å². The van der Waals surface area contributed by atoms with E-state index in [1.165, 1.54) is 9.13 Å². The minimum atomic E-state index is -0.721. The van der Waals surface area contributed by atoms with Crippen LogP contribution >= 0.6 is 0 Å². The summed E-state index contributed by atoms with van der Waals surface area (Å²) in [5.41, 5.74) is 1.45. The lowest BCUT2D eigenvalue weighted by Gasteiger charge is -2.34. The fourth-order valence-electron chi connectivity index (χ4n) is 4.66. The first-order valence-electron chi connectivity index (χ1n) is 12.2. The first-order valence-corrected chi connectivity index (χ1v) is 12.2. The largest absolute Gasteiger partial charge is 0.444 e. The summed E-state index contributed by atoms with van der Waals surface area (Å²) in [6.45, 7) is 7.51. The zero-order valence-electron chi connectivity index (χ0n) is 21.2. The predicted molar refractivity (Wildman–Crippen MR) is 131 cm³/mol. The van der Waals surface area contributed by atoms with Gasteiger partial charge in [0.25, 0.3) is 0 Å². The number of hydrogen-bond donors (Lipinski definition) is 1. The second-order valence-corrected chi connectivity index (χ2v) is 10.2. The fraction of sp³-hybridized carbons (Fsp3) is 0.600. The van der Waals surface area contributed by atoms with Crippen LogP contribution in [0.2, 0.25) is 0 Å². The molecule has 2 aliphatic rings. The van der Waals surface area contributed by atoms with Crippen molar-refractivity contribution in [1.82, 2.24) is 19.4 Å². The molecule has 1 unspecified atom stereocenters. The number of aryl methyl sites for hydroxylation is 1. The van der Waals surface area contributed by atoms with Gasteiger partial charge in [-0.1, -0.05) is 12.1 Å². The monoisotopic (exact) mass is 502 g/mol. The summed E-state index contributed by atoms with van der Waals surface area (Å²) in [6, 6.07) is 4.87. The molecule has 0 aliphatic carbocycles. The van der Waals surface area contributed by atoms with Crippen LogP contribution in [-0.4, -0.2) is 76.6 Å². The number of para-hydroxylation sites is 1. The van der Waals surface area contributed by atoms with Crippen LogP contribution < -0.4 is 11.0 Å². The van der Waals surface area contributed by atoms with Crippen molar-refractivity contribution in [3.63, 3.8) is 0 Å². The quantitative estimate of drug-likeness (QED) is 0.470. The molecule has 3 amide bonds. The van der Waals surface area contributed by atoms with Crippen molar-refractivity contribution in [3.8, 4) is 0 Å². The molecule has 0 radical (unpaired) electrons. The van der Waals surface area contributed by atoms with Gasteiger partial charge in [0.15, 0.2) is 0 Å². The van der Waals surface area contributed by atoms with E-state index in [2.05, 4.69) is 5.32 Å². The molecule has 11 nitrogen and oxygen atoms in total. The Kier molecular flexibility index (Phi) is 7.51. The molecule has 2 saturated heterocycles. The van der Waals surface area contributed by atoms with Crippen molar-refractivity contribution in [2.75, 3.05) is 32.9 Å². The van der Waals surface area contributed by atoms with Crippen molar-refractivity contribution in [1.29, 1.82) is 0 Å². The molecule has 1 N–H and O–H groups in total. The summed E-state index contributed by atoms with van der Waals surface area (Å²) >= 11 is 0. The first kappa shape index (κ1) is 25.9. The summed E-state index contributed by atoms with van der Waals surface area (Å²) < 4.78 is 20.1. The Labute approximate surface area is 209 Å². The molecule has 1 aromatic heterocycles. The standard InChI is InChI=1S/C25H34N4O7/c1-25(2,3)36-24(33)28-11-13-35-17(14-28)15-34-12-10-16-6-5-7-18-21(16)27(4)23(32)29(18)19-8-9-20(30)26-22(19)31/h5-7,17,19H,8-15H2,1-4H3,(H,26,30,31)/t17-,19?/m0/s1. The molecule has 0 saturated carbocycles. The predicted octanol–water partition coefficient (Wildman–Crippen LogP) is 1.51. The normalized spacial score (nSPS) is 21.1. The SMILES string of the molecule is Cn1c(=O)n(C2CCC(=O)NC2=O)c2cccc(CCOC[C@@H]3CN(C(=O)OC(C)(C)C)CCO3)c21. The van der Waals surface area contributed by atoms with Crippen LogP contribution in [0.15, 0.2) is 23.0 Å². The third-order valence-electron chi connectivity index (χ3n) is 6.32. The van der Waals surface area contributed by atoms with Crippen molar-refractivity contribution in [3.05, 3.63) is 34.2 Å². The van der Waals surface area contributed by atoms with Gasteiger partial charge < -0.3 is 19.1 Å². The molecule has 2 fully saturated rings. The maximum Gasteiger partial charge on any atom is 0.410 e. The topological polar surface area (TPSA) is 121 Å². The van der Waals surface area contributed by atoms with E-state index < -0.39 is 17.6 Å². The summed E-state index contributed by atoms with van der Waals surface area (Å²) in [6.07, 6.45) is 0.427. The van der Waals surface area contributed by atoms with Crippen LogP contribution in [0.5, 0.6) is 0 Å². The van der Waals surface area contributed by atoms with E-state index in [4.69, 9.17) is 14.2 Å². The number of benzene rings is 1. The van der Waals surface area contributed by atoms with Gasteiger partial charge in [-0.25, -0.2) is 9.59 Å². The highest BCUT2D eigenvalue weighted by Gasteiger charge is 2.32. The minimum absolute atomic E-state index is 0.196. The van der Waals surface area contributed by atoms with Gasteiger partial charge in [0.05, 0.1) is 43.5 Å². The molecule has 3 heterocycles. The number of rotatable bonds is 6. The summed E-state index contributed by atoms with van der Waals surface area (Å²) in [7, 11) is 1.68. The highest BCUT2D eigenvalue weighted by molar-refractivity contribution is 6.00. The van der Waals surface area contributed by atoms with Gasteiger partial charge in [0.1, 0.15) is 11.6 Å². The number of nitrogens with one attached hydrogen (secondary N) is 1. The summed E-state index contributed by atoms with van der Waals surface area (Å²) in [5, 5.41) is 2.33. The Hall–Kier alpha value is -3.18. The Bertz CT molecular complexity index is 1210. The second-order valence-electron chi connectivity index (χ2n) is 10.2. The number of carbonyl (C=O) groups is 3. The molecular formula is C25H34N4O7. The Morgan fingerprint density at radius 2 is 2.00 bits per heavy atom. The second kappa shape index (κ2) is 10.4. The number of ether oxygens (including phenoxy) is 3. The minimum Gasteiger partial charge on any atom is -0.444 e. The smallest absolute Gasteiger partial charge is 0.410 e. The molecular weight excluding hydrogens is 468 g/mol. The third kappa shape index (κ3) is 5.62. The van der Waals surface area contributed by atoms with Crippen LogP contribution in [0, 0.1) is 0 Å². The van der Waals surface area contributed by atoms with Gasteiger partial charge in [0.2, 0.25) is 11.8 Å². The Balaban J connectivity index is 1.39. The van der Waals surface area contributed by atoms with Gasteiger partial charge in [0, 0.05) is 20.0 Å². The van der Waals surface area contributed by atoms with E-state index in [-0.39, 0.29) is 30.2 Å². The van der Waals surface area contributed by atoms with E-state index in [1.54, 1.807) is 11.9 Å². The van der Waals surface area contributed by atoms with Crippen molar-refractivity contribution in [2.24, 2.45) is 7.05 Å². The zero-order chi connectivity index (χ0) is 26.0. The molecule has 4 rings (SSSR count). The number of fused-ring (bicyclic) bond motifs is 1. The Morgan fingerprint density at radius 1 is 1.22 bits per heavy atom. The van der Waals surface area contributed by atoms with E-state index in [1.807, 2.05) is 39.0 Å². The average Bonchev–Trinajstić information content (AvgIpc) is 3.07. The fourth-order valence-corrected chi connectivity index (χ4v) is 4.66. The molecule has 2 atom stereocenters. The van der Waals surface area contributed by atoms with Gasteiger partial charge in [-0.3, -0.25) is 24.0 Å². The lowest BCUT2D eigenvalue weighted by atomic mass is 10.1. The molecule has 0 bridgehead atoms. The maximum absolute atomic E-state index is 13.0. The van der Waals surface area contributed by atoms with Crippen molar-refractivity contribution in [2.45, 2.75) is 57.8 Å². The molecule has 11 heteroatoms. The number of piperidine rings is 1. The van der Waals surface area contributed by atoms with Crippen LogP contribution in [0.3, 0.4) is 0 Å². The van der Waals surface area contributed by atoms with E-state index in [9.17, 15) is 19.2 Å². The number of hydrogen-bond acceptors (Lipinski definition) is 7. The number of imidazole rings is 1. The zero-order valence-corrected chi connectivity index (χ0v) is 21.2. The number of imide groups is 1.